The zero-order chi connectivity index (χ0) is 26.5. The number of hydrogen-bond acceptors (Lipinski definition) is 5. The molecule has 6 nitrogen and oxygen atoms in total. The molecule has 0 fully saturated rings. The van der Waals surface area contributed by atoms with Crippen molar-refractivity contribution in [3.05, 3.63) is 29.6 Å². The van der Waals surface area contributed by atoms with Crippen molar-refractivity contribution in [2.24, 2.45) is 16.6 Å². The number of hydrogen-bond donors (Lipinski definition) is 3. The number of nitrogen functional groups attached to an aromatic ring is 1. The van der Waals surface area contributed by atoms with Crippen LogP contribution in [0, 0.1) is 10.8 Å². The maximum Gasteiger partial charge on any atom is 0.150 e. The third-order valence-corrected chi connectivity index (χ3v) is 7.70. The number of nitrogens with zero attached hydrogens (tertiary/aromatic N) is 3. The average Bonchev–Trinajstić information content (AvgIpc) is 3.22. The van der Waals surface area contributed by atoms with Gasteiger partial charge in [0.1, 0.15) is 22.7 Å². The lowest BCUT2D eigenvalue weighted by atomic mass is 9.71. The normalized spacial score (nSPS) is 13.8. The van der Waals surface area contributed by atoms with E-state index in [4.69, 9.17) is 16.5 Å². The van der Waals surface area contributed by atoms with Gasteiger partial charge in [0.05, 0.1) is 5.52 Å². The van der Waals surface area contributed by atoms with Crippen LogP contribution in [0.2, 0.25) is 0 Å². The van der Waals surface area contributed by atoms with Gasteiger partial charge in [-0.05, 0) is 81.1 Å². The fraction of sp³-hybridized carbons (Fsp3) is 0.667. The van der Waals surface area contributed by atoms with Crippen LogP contribution in [-0.4, -0.2) is 46.0 Å². The molecule has 1 atom stereocenters. The summed E-state index contributed by atoms with van der Waals surface area (Å²) in [5.74, 6) is 1.54. The zero-order valence-corrected chi connectivity index (χ0v) is 23.9. The second kappa shape index (κ2) is 11.9. The first-order chi connectivity index (χ1) is 16.9. The van der Waals surface area contributed by atoms with E-state index in [1.54, 1.807) is 0 Å². The number of nitrogens with two attached hydrogens (primary N) is 2. The van der Waals surface area contributed by atoms with Crippen LogP contribution in [0.1, 0.15) is 91.5 Å². The van der Waals surface area contributed by atoms with Gasteiger partial charge >= 0.3 is 0 Å². The Morgan fingerprint density at radius 3 is 2.47 bits per heavy atom. The Hall–Kier alpha value is -2.18. The van der Waals surface area contributed by atoms with Crippen molar-refractivity contribution in [2.45, 2.75) is 99.0 Å². The third-order valence-electron chi connectivity index (χ3n) is 7.70. The summed E-state index contributed by atoms with van der Waals surface area (Å²) < 4.78 is 0. The SMILES string of the molecule is CCCCc1nc2c([nH]1)c(N)nc1ccc(CCCCCN(C)CC(C)(C)CC(C)(C)C(C)N)cc12. The minimum Gasteiger partial charge on any atom is -0.382 e. The Morgan fingerprint density at radius 2 is 1.78 bits per heavy atom. The molecule has 200 valence electrons. The number of aryl methyl sites for hydroxylation is 2. The second-order valence-corrected chi connectivity index (χ2v) is 12.5. The Bertz CT molecular complexity index is 1130. The van der Waals surface area contributed by atoms with Crippen LogP contribution in [0.25, 0.3) is 21.9 Å². The van der Waals surface area contributed by atoms with Gasteiger partial charge in [-0.3, -0.25) is 0 Å². The summed E-state index contributed by atoms with van der Waals surface area (Å²) in [4.78, 5) is 15.4. The minimum absolute atomic E-state index is 0.157. The summed E-state index contributed by atoms with van der Waals surface area (Å²) in [7, 11) is 2.26. The van der Waals surface area contributed by atoms with Crippen LogP contribution < -0.4 is 11.5 Å². The highest BCUT2D eigenvalue weighted by atomic mass is 15.1. The summed E-state index contributed by atoms with van der Waals surface area (Å²) in [6, 6.07) is 6.77. The molecule has 0 saturated carbocycles. The molecule has 3 aromatic rings. The first-order valence-corrected chi connectivity index (χ1v) is 13.9. The van der Waals surface area contributed by atoms with E-state index in [1.807, 2.05) is 0 Å². The number of benzene rings is 1. The Kier molecular flexibility index (Phi) is 9.39. The molecule has 0 aliphatic heterocycles. The Morgan fingerprint density at radius 1 is 1.03 bits per heavy atom. The number of fused-ring (bicyclic) bond motifs is 3. The van der Waals surface area contributed by atoms with E-state index in [-0.39, 0.29) is 16.9 Å². The molecule has 0 aliphatic carbocycles. The van der Waals surface area contributed by atoms with E-state index < -0.39 is 0 Å². The second-order valence-electron chi connectivity index (χ2n) is 12.5. The first kappa shape index (κ1) is 28.4. The molecule has 0 spiro atoms. The van der Waals surface area contributed by atoms with Gasteiger partial charge < -0.3 is 21.4 Å². The van der Waals surface area contributed by atoms with E-state index >= 15 is 0 Å². The van der Waals surface area contributed by atoms with E-state index in [9.17, 15) is 0 Å². The summed E-state index contributed by atoms with van der Waals surface area (Å²) >= 11 is 0. The Labute approximate surface area is 218 Å². The summed E-state index contributed by atoms with van der Waals surface area (Å²) in [5, 5.41) is 1.10. The van der Waals surface area contributed by atoms with E-state index in [2.05, 4.69) is 81.7 Å². The third kappa shape index (κ3) is 7.42. The molecular weight excluding hydrogens is 444 g/mol. The lowest BCUT2D eigenvalue weighted by Crippen LogP contribution is -2.41. The standard InChI is InChI=1S/C30H50N6/c1-8-9-14-25-34-26-23-18-22(15-16-24(23)33-28(32)27(26)35-25)13-11-10-12-17-36(7)20-29(3,4)19-30(5,6)21(2)31/h15-16,18,21H,8-14,17,19-20,31H2,1-7H3,(H2,32,33)(H,34,35). The van der Waals surface area contributed by atoms with Gasteiger partial charge in [0.25, 0.3) is 0 Å². The number of H-pyrrole nitrogens is 1. The van der Waals surface area contributed by atoms with Gasteiger partial charge in [0.15, 0.2) is 0 Å². The molecule has 6 heteroatoms. The van der Waals surface area contributed by atoms with Crippen LogP contribution >= 0.6 is 0 Å². The van der Waals surface area contributed by atoms with Crippen LogP contribution in [0.5, 0.6) is 0 Å². The van der Waals surface area contributed by atoms with Gasteiger partial charge in [-0.15, -0.1) is 0 Å². The van der Waals surface area contributed by atoms with Crippen molar-refractivity contribution in [3.8, 4) is 0 Å². The highest BCUT2D eigenvalue weighted by molar-refractivity contribution is 6.06. The average molecular weight is 495 g/mol. The number of anilines is 1. The van der Waals surface area contributed by atoms with E-state index in [0.717, 1.165) is 73.0 Å². The van der Waals surface area contributed by atoms with Crippen LogP contribution in [0.15, 0.2) is 18.2 Å². The smallest absolute Gasteiger partial charge is 0.150 e. The highest BCUT2D eigenvalue weighted by Crippen LogP contribution is 2.36. The molecule has 0 bridgehead atoms. The number of aromatic nitrogens is 3. The molecule has 0 saturated heterocycles. The van der Waals surface area contributed by atoms with Crippen molar-refractivity contribution in [1.29, 1.82) is 0 Å². The van der Waals surface area contributed by atoms with Gasteiger partial charge in [-0.2, -0.15) is 0 Å². The van der Waals surface area contributed by atoms with Gasteiger partial charge in [-0.25, -0.2) is 9.97 Å². The molecule has 1 unspecified atom stereocenters. The lowest BCUT2D eigenvalue weighted by molar-refractivity contribution is 0.122. The molecule has 1 aromatic carbocycles. The highest BCUT2D eigenvalue weighted by Gasteiger charge is 2.32. The topological polar surface area (TPSA) is 96.8 Å². The maximum absolute atomic E-state index is 6.23. The summed E-state index contributed by atoms with van der Waals surface area (Å²) in [6.07, 6.45) is 9.06. The number of pyridine rings is 1. The molecule has 0 aliphatic rings. The largest absolute Gasteiger partial charge is 0.382 e. The molecule has 0 amide bonds. The minimum atomic E-state index is 0.157. The predicted molar refractivity (Wildman–Crippen MR) is 155 cm³/mol. The predicted octanol–water partition coefficient (Wildman–Crippen LogP) is 6.47. The lowest BCUT2D eigenvalue weighted by Gasteiger charge is -2.39. The van der Waals surface area contributed by atoms with Crippen molar-refractivity contribution < 1.29 is 0 Å². The van der Waals surface area contributed by atoms with E-state index in [1.165, 1.54) is 24.8 Å². The van der Waals surface area contributed by atoms with Gasteiger partial charge in [0, 0.05) is 24.4 Å². The quantitative estimate of drug-likeness (QED) is 0.223. The van der Waals surface area contributed by atoms with Gasteiger partial charge in [-0.1, -0.05) is 53.5 Å². The first-order valence-electron chi connectivity index (χ1n) is 13.9. The molecule has 2 aromatic heterocycles. The molecular formula is C30H50N6. The molecule has 3 rings (SSSR count). The van der Waals surface area contributed by atoms with Crippen molar-refractivity contribution in [1.82, 2.24) is 19.9 Å². The molecule has 2 heterocycles. The summed E-state index contributed by atoms with van der Waals surface area (Å²) in [5.41, 5.74) is 17.0. The van der Waals surface area contributed by atoms with Crippen molar-refractivity contribution in [2.75, 3.05) is 25.9 Å². The van der Waals surface area contributed by atoms with Crippen LogP contribution in [-0.2, 0) is 12.8 Å². The van der Waals surface area contributed by atoms with Gasteiger partial charge in [0.2, 0.25) is 0 Å². The number of nitrogens with one attached hydrogen (secondary N) is 1. The Balaban J connectivity index is 1.53. The fourth-order valence-corrected chi connectivity index (χ4v) is 5.62. The maximum atomic E-state index is 6.23. The molecule has 0 radical (unpaired) electrons. The van der Waals surface area contributed by atoms with Crippen LogP contribution in [0.3, 0.4) is 0 Å². The zero-order valence-electron chi connectivity index (χ0n) is 23.9. The number of unbranched alkanes of at least 4 members (excludes halogenated alkanes) is 3. The van der Waals surface area contributed by atoms with Crippen molar-refractivity contribution >= 4 is 27.8 Å². The fourth-order valence-electron chi connectivity index (χ4n) is 5.62. The molecule has 36 heavy (non-hydrogen) atoms. The molecule has 5 N–H and O–H groups in total. The number of rotatable bonds is 14. The monoisotopic (exact) mass is 494 g/mol. The van der Waals surface area contributed by atoms with Crippen molar-refractivity contribution in [3.63, 3.8) is 0 Å². The van der Waals surface area contributed by atoms with E-state index in [0.29, 0.717) is 5.82 Å². The van der Waals surface area contributed by atoms with Crippen LogP contribution in [0.4, 0.5) is 5.82 Å². The number of imidazole rings is 1. The number of aromatic amines is 1. The summed E-state index contributed by atoms with van der Waals surface area (Å²) in [6.45, 7) is 15.9.